The number of nitrogens with zero attached hydrogens (tertiary/aromatic N) is 3. The number of hydrogen-bond acceptors (Lipinski definition) is 5. The van der Waals surface area contributed by atoms with Crippen molar-refractivity contribution in [1.29, 1.82) is 0 Å². The van der Waals surface area contributed by atoms with Crippen molar-refractivity contribution in [3.05, 3.63) is 59.4 Å². The first-order valence-corrected chi connectivity index (χ1v) is 11.6. The Kier molecular flexibility index (Phi) is 4.89. The van der Waals surface area contributed by atoms with E-state index in [1.807, 2.05) is 33.2 Å². The molecule has 1 aromatic heterocycles. The number of ether oxygens (including phenoxy) is 1. The van der Waals surface area contributed by atoms with Crippen LogP contribution in [0.25, 0.3) is 11.1 Å². The van der Waals surface area contributed by atoms with E-state index in [0.29, 0.717) is 5.82 Å². The summed E-state index contributed by atoms with van der Waals surface area (Å²) < 4.78 is 5.67. The maximum Gasteiger partial charge on any atom is 0.243 e. The van der Waals surface area contributed by atoms with Crippen LogP contribution < -0.4 is 5.73 Å². The molecule has 2 spiro atoms. The highest BCUT2D eigenvalue weighted by molar-refractivity contribution is 5.98. The zero-order valence-corrected chi connectivity index (χ0v) is 19.4. The van der Waals surface area contributed by atoms with Crippen molar-refractivity contribution < 1.29 is 9.53 Å². The number of fused-ring (bicyclic) bond motifs is 3. The van der Waals surface area contributed by atoms with Crippen molar-refractivity contribution in [3.63, 3.8) is 0 Å². The maximum absolute atomic E-state index is 14.2. The summed E-state index contributed by atoms with van der Waals surface area (Å²) in [5, 5.41) is 0. The van der Waals surface area contributed by atoms with Crippen molar-refractivity contribution >= 4 is 5.91 Å². The van der Waals surface area contributed by atoms with E-state index in [1.54, 1.807) is 12.0 Å². The Morgan fingerprint density at radius 2 is 1.84 bits per heavy atom. The SMILES string of the molecule is CO[C@H]1CC[C@]2(CC1)Cc1ccc(-c3cnc(C)nc3)cc1C21C=C(N)N(C(C)C)C1=O. The second kappa shape index (κ2) is 7.41. The highest BCUT2D eigenvalue weighted by atomic mass is 16.5. The minimum atomic E-state index is -0.725. The lowest BCUT2D eigenvalue weighted by atomic mass is 9.57. The van der Waals surface area contributed by atoms with Crippen LogP contribution in [-0.4, -0.2) is 40.0 Å². The molecule has 0 radical (unpaired) electrons. The number of hydrogen-bond donors (Lipinski definition) is 1. The van der Waals surface area contributed by atoms with E-state index >= 15 is 0 Å². The van der Waals surface area contributed by atoms with Gasteiger partial charge in [-0.05, 0) is 87.1 Å². The largest absolute Gasteiger partial charge is 0.385 e. The summed E-state index contributed by atoms with van der Waals surface area (Å²) in [6.45, 7) is 5.94. The fraction of sp³-hybridized carbons (Fsp3) is 0.500. The van der Waals surface area contributed by atoms with Crippen LogP contribution in [0.4, 0.5) is 0 Å². The number of methoxy groups -OCH3 is 1. The first-order chi connectivity index (χ1) is 15.3. The van der Waals surface area contributed by atoms with Crippen LogP contribution in [0.1, 0.15) is 56.5 Å². The molecule has 1 aromatic carbocycles. The molecule has 6 heteroatoms. The van der Waals surface area contributed by atoms with Crippen molar-refractivity contribution in [2.75, 3.05) is 7.11 Å². The summed E-state index contributed by atoms with van der Waals surface area (Å²) in [5.74, 6) is 1.45. The fourth-order valence-electron chi connectivity index (χ4n) is 6.33. The van der Waals surface area contributed by atoms with Gasteiger partial charge in [-0.2, -0.15) is 0 Å². The molecule has 2 aromatic rings. The molecule has 1 atom stereocenters. The smallest absolute Gasteiger partial charge is 0.243 e. The Labute approximate surface area is 189 Å². The third-order valence-electron chi connectivity index (χ3n) is 7.95. The van der Waals surface area contributed by atoms with Crippen LogP contribution >= 0.6 is 0 Å². The Bertz CT molecular complexity index is 1080. The summed E-state index contributed by atoms with van der Waals surface area (Å²) in [7, 11) is 1.79. The maximum atomic E-state index is 14.2. The Morgan fingerprint density at radius 1 is 1.16 bits per heavy atom. The number of carbonyl (C=O) groups is 1. The normalized spacial score (nSPS) is 29.3. The Morgan fingerprint density at radius 3 is 2.44 bits per heavy atom. The molecule has 0 bridgehead atoms. The highest BCUT2D eigenvalue weighted by Crippen LogP contribution is 2.62. The molecule has 3 aliphatic rings. The minimum Gasteiger partial charge on any atom is -0.385 e. The van der Waals surface area contributed by atoms with Crippen molar-refractivity contribution in [1.82, 2.24) is 14.9 Å². The number of amides is 1. The third kappa shape index (κ3) is 2.85. The van der Waals surface area contributed by atoms with Gasteiger partial charge in [0.15, 0.2) is 0 Å². The summed E-state index contributed by atoms with van der Waals surface area (Å²) in [6, 6.07) is 6.53. The van der Waals surface area contributed by atoms with Gasteiger partial charge in [-0.1, -0.05) is 12.1 Å². The standard InChI is InChI=1S/C26H32N4O2/c1-16(2)30-23(27)13-26(24(30)31)22-11-18(20-14-28-17(3)29-15-20)5-6-19(22)12-25(26)9-7-21(32-4)8-10-25/h5-6,11,13-16,21H,7-10,12,27H2,1-4H3/t21-,25-,26?. The second-order valence-electron chi connectivity index (χ2n) is 9.93. The lowest BCUT2D eigenvalue weighted by molar-refractivity contribution is -0.138. The number of nitrogens with two attached hydrogens (primary N) is 1. The van der Waals surface area contributed by atoms with E-state index in [9.17, 15) is 4.79 Å². The predicted octanol–water partition coefficient (Wildman–Crippen LogP) is 3.87. The summed E-state index contributed by atoms with van der Waals surface area (Å²) in [5.41, 5.74) is 9.96. The van der Waals surface area contributed by atoms with E-state index in [0.717, 1.165) is 54.6 Å². The fourth-order valence-corrected chi connectivity index (χ4v) is 6.33. The van der Waals surface area contributed by atoms with Crippen molar-refractivity contribution in [2.45, 2.75) is 70.4 Å². The number of benzene rings is 1. The van der Waals surface area contributed by atoms with Gasteiger partial charge in [0.25, 0.3) is 0 Å². The molecule has 2 N–H and O–H groups in total. The number of aryl methyl sites for hydroxylation is 1. The molecule has 32 heavy (non-hydrogen) atoms. The zero-order valence-electron chi connectivity index (χ0n) is 19.4. The van der Waals surface area contributed by atoms with Gasteiger partial charge >= 0.3 is 0 Å². The molecule has 1 unspecified atom stereocenters. The molecule has 2 aliphatic carbocycles. The minimum absolute atomic E-state index is 0.0169. The number of rotatable bonds is 3. The number of aromatic nitrogens is 2. The average Bonchev–Trinajstić information content (AvgIpc) is 3.20. The van der Waals surface area contributed by atoms with Crippen LogP contribution in [0.2, 0.25) is 0 Å². The molecule has 0 saturated heterocycles. The van der Waals surface area contributed by atoms with E-state index in [1.165, 1.54) is 5.56 Å². The first-order valence-electron chi connectivity index (χ1n) is 11.6. The van der Waals surface area contributed by atoms with E-state index in [4.69, 9.17) is 10.5 Å². The van der Waals surface area contributed by atoms with Crippen LogP contribution in [0.15, 0.2) is 42.5 Å². The lowest BCUT2D eigenvalue weighted by Gasteiger charge is -2.46. The summed E-state index contributed by atoms with van der Waals surface area (Å²) >= 11 is 0. The molecule has 1 amide bonds. The Hall–Kier alpha value is -2.73. The van der Waals surface area contributed by atoms with Crippen molar-refractivity contribution in [2.24, 2.45) is 11.1 Å². The monoisotopic (exact) mass is 432 g/mol. The van der Waals surface area contributed by atoms with Gasteiger partial charge in [0, 0.05) is 31.1 Å². The van der Waals surface area contributed by atoms with Gasteiger partial charge < -0.3 is 10.5 Å². The summed E-state index contributed by atoms with van der Waals surface area (Å²) in [4.78, 5) is 24.7. The van der Waals surface area contributed by atoms with E-state index in [2.05, 4.69) is 34.2 Å². The third-order valence-corrected chi connectivity index (χ3v) is 7.95. The molecule has 6 nitrogen and oxygen atoms in total. The molecular formula is C26H32N4O2. The summed E-state index contributed by atoms with van der Waals surface area (Å²) in [6.07, 6.45) is 10.8. The quantitative estimate of drug-likeness (QED) is 0.796. The van der Waals surface area contributed by atoms with Gasteiger partial charge in [0.2, 0.25) is 5.91 Å². The van der Waals surface area contributed by atoms with E-state index < -0.39 is 5.41 Å². The zero-order chi connectivity index (χ0) is 22.7. The van der Waals surface area contributed by atoms with Crippen molar-refractivity contribution in [3.8, 4) is 11.1 Å². The molecule has 1 fully saturated rings. The topological polar surface area (TPSA) is 81.3 Å². The molecule has 1 saturated carbocycles. The molecule has 1 aliphatic heterocycles. The van der Waals surface area contributed by atoms with Gasteiger partial charge in [-0.15, -0.1) is 0 Å². The van der Waals surface area contributed by atoms with Gasteiger partial charge in [0.1, 0.15) is 17.1 Å². The van der Waals surface area contributed by atoms with Gasteiger partial charge in [0.05, 0.1) is 6.10 Å². The number of carbonyl (C=O) groups excluding carboxylic acids is 1. The molecule has 5 rings (SSSR count). The second-order valence-corrected chi connectivity index (χ2v) is 9.93. The van der Waals surface area contributed by atoms with Gasteiger partial charge in [-0.25, -0.2) is 9.97 Å². The van der Waals surface area contributed by atoms with Gasteiger partial charge in [-0.3, -0.25) is 9.69 Å². The van der Waals surface area contributed by atoms with Crippen LogP contribution in [-0.2, 0) is 21.4 Å². The van der Waals surface area contributed by atoms with E-state index in [-0.39, 0.29) is 23.5 Å². The van der Waals surface area contributed by atoms with Crippen LogP contribution in [0, 0.1) is 12.3 Å². The Balaban J connectivity index is 1.67. The molecule has 168 valence electrons. The predicted molar refractivity (Wildman–Crippen MR) is 124 cm³/mol. The average molecular weight is 433 g/mol. The highest BCUT2D eigenvalue weighted by Gasteiger charge is 2.65. The lowest BCUT2D eigenvalue weighted by Crippen LogP contribution is -2.52. The molecule has 2 heterocycles. The van der Waals surface area contributed by atoms with Crippen LogP contribution in [0.5, 0.6) is 0 Å². The first kappa shape index (κ1) is 21.1. The molecular weight excluding hydrogens is 400 g/mol. The van der Waals surface area contributed by atoms with Crippen LogP contribution in [0.3, 0.4) is 0 Å².